The van der Waals surface area contributed by atoms with Crippen LogP contribution in [0.1, 0.15) is 5.56 Å². The van der Waals surface area contributed by atoms with Crippen LogP contribution in [0.15, 0.2) is 69.6 Å². The number of carbonyl (C=O) groups excluding carboxylic acids is 1. The fourth-order valence-electron chi connectivity index (χ4n) is 3.53. The van der Waals surface area contributed by atoms with Crippen molar-refractivity contribution in [3.8, 4) is 17.2 Å². The van der Waals surface area contributed by atoms with Crippen LogP contribution < -0.4 is 26.0 Å². The van der Waals surface area contributed by atoms with Gasteiger partial charge in [-0.1, -0.05) is 30.3 Å². The molecule has 0 unspecified atom stereocenters. The number of benzene rings is 2. The summed E-state index contributed by atoms with van der Waals surface area (Å²) in [5, 5.41) is 4.55. The number of hydrogen-bond donors (Lipinski definition) is 1. The SMILES string of the molecule is COc1cccc(CNC(=O)Cn2c(=O)n(-c3ccccc3)c(=O)c3sccc32)c1OC. The maximum absolute atomic E-state index is 13.2. The van der Waals surface area contributed by atoms with Gasteiger partial charge in [0.1, 0.15) is 11.2 Å². The van der Waals surface area contributed by atoms with Crippen molar-refractivity contribution >= 4 is 27.5 Å². The van der Waals surface area contributed by atoms with E-state index in [1.165, 1.54) is 23.0 Å². The molecule has 8 nitrogen and oxygen atoms in total. The van der Waals surface area contributed by atoms with Crippen molar-refractivity contribution in [3.63, 3.8) is 0 Å². The largest absolute Gasteiger partial charge is 0.493 e. The zero-order valence-corrected chi connectivity index (χ0v) is 18.3. The molecule has 0 radical (unpaired) electrons. The van der Waals surface area contributed by atoms with Gasteiger partial charge < -0.3 is 14.8 Å². The first-order valence-corrected chi connectivity index (χ1v) is 10.7. The Morgan fingerprint density at radius 2 is 1.78 bits per heavy atom. The normalized spacial score (nSPS) is 10.8. The second kappa shape index (κ2) is 9.11. The summed E-state index contributed by atoms with van der Waals surface area (Å²) in [5.41, 5.74) is 0.659. The molecule has 0 aliphatic carbocycles. The highest BCUT2D eigenvalue weighted by molar-refractivity contribution is 7.17. The lowest BCUT2D eigenvalue weighted by Crippen LogP contribution is -2.41. The standard InChI is InChI=1S/C23H21N3O5S/c1-30-18-10-6-7-15(20(18)31-2)13-24-19(27)14-25-17-11-12-32-21(17)22(28)26(23(25)29)16-8-4-3-5-9-16/h3-12H,13-14H2,1-2H3,(H,24,27). The number of aromatic nitrogens is 2. The molecule has 0 saturated carbocycles. The number of hydrogen-bond acceptors (Lipinski definition) is 6. The van der Waals surface area contributed by atoms with Crippen LogP contribution in [0, 0.1) is 0 Å². The molecule has 0 saturated heterocycles. The van der Waals surface area contributed by atoms with Crippen molar-refractivity contribution in [2.75, 3.05) is 14.2 Å². The van der Waals surface area contributed by atoms with Crippen molar-refractivity contribution in [1.29, 1.82) is 0 Å². The Hall–Kier alpha value is -3.85. The highest BCUT2D eigenvalue weighted by Crippen LogP contribution is 2.30. The maximum atomic E-state index is 13.2. The Labute approximate surface area is 187 Å². The predicted molar refractivity (Wildman–Crippen MR) is 123 cm³/mol. The molecule has 9 heteroatoms. The fraction of sp³-hybridized carbons (Fsp3) is 0.174. The van der Waals surface area contributed by atoms with Gasteiger partial charge in [-0.05, 0) is 29.6 Å². The number of fused-ring (bicyclic) bond motifs is 1. The molecule has 32 heavy (non-hydrogen) atoms. The second-order valence-electron chi connectivity index (χ2n) is 6.91. The lowest BCUT2D eigenvalue weighted by Gasteiger charge is -2.14. The topological polar surface area (TPSA) is 91.6 Å². The fourth-order valence-corrected chi connectivity index (χ4v) is 4.36. The quantitative estimate of drug-likeness (QED) is 0.466. The van der Waals surface area contributed by atoms with Gasteiger partial charge >= 0.3 is 5.69 Å². The summed E-state index contributed by atoms with van der Waals surface area (Å²) in [6.45, 7) is -0.0372. The molecular formula is C23H21N3O5S. The van der Waals surface area contributed by atoms with Gasteiger partial charge in [0.15, 0.2) is 11.5 Å². The first-order chi connectivity index (χ1) is 15.5. The Balaban J connectivity index is 1.65. The molecule has 4 aromatic rings. The smallest absolute Gasteiger partial charge is 0.336 e. The van der Waals surface area contributed by atoms with Gasteiger partial charge in [-0.25, -0.2) is 9.36 Å². The Morgan fingerprint density at radius 1 is 1.00 bits per heavy atom. The van der Waals surface area contributed by atoms with Gasteiger partial charge in [0.2, 0.25) is 5.91 Å². The molecule has 0 aliphatic rings. The average Bonchev–Trinajstić information content (AvgIpc) is 3.31. The lowest BCUT2D eigenvalue weighted by molar-refractivity contribution is -0.121. The number of thiophene rings is 1. The molecule has 2 aromatic heterocycles. The summed E-state index contributed by atoms with van der Waals surface area (Å²) >= 11 is 1.24. The molecule has 2 heterocycles. The van der Waals surface area contributed by atoms with Gasteiger partial charge in [-0.2, -0.15) is 0 Å². The van der Waals surface area contributed by atoms with Gasteiger partial charge in [-0.3, -0.25) is 14.2 Å². The number of methoxy groups -OCH3 is 2. The number of ether oxygens (including phenoxy) is 2. The molecule has 0 fully saturated rings. The van der Waals surface area contributed by atoms with Crippen LogP contribution in [0.3, 0.4) is 0 Å². The van der Waals surface area contributed by atoms with E-state index in [9.17, 15) is 14.4 Å². The van der Waals surface area contributed by atoms with E-state index in [2.05, 4.69) is 5.32 Å². The van der Waals surface area contributed by atoms with Crippen LogP contribution in [0.2, 0.25) is 0 Å². The Kier molecular flexibility index (Phi) is 6.09. The van der Waals surface area contributed by atoms with E-state index < -0.39 is 11.2 Å². The molecule has 0 aliphatic heterocycles. The van der Waals surface area contributed by atoms with Crippen molar-refractivity contribution in [1.82, 2.24) is 14.5 Å². The summed E-state index contributed by atoms with van der Waals surface area (Å²) < 4.78 is 13.5. The molecule has 164 valence electrons. The van der Waals surface area contributed by atoms with Gasteiger partial charge in [0, 0.05) is 12.1 Å². The average molecular weight is 452 g/mol. The van der Waals surface area contributed by atoms with E-state index in [1.807, 2.05) is 6.07 Å². The maximum Gasteiger partial charge on any atom is 0.336 e. The van der Waals surface area contributed by atoms with Crippen LogP contribution >= 0.6 is 11.3 Å². The highest BCUT2D eigenvalue weighted by atomic mass is 32.1. The Morgan fingerprint density at radius 3 is 2.50 bits per heavy atom. The number of amides is 1. The van der Waals surface area contributed by atoms with Crippen molar-refractivity contribution in [2.24, 2.45) is 0 Å². The van der Waals surface area contributed by atoms with Crippen molar-refractivity contribution in [2.45, 2.75) is 13.1 Å². The molecule has 1 amide bonds. The molecule has 1 N–H and O–H groups in total. The van der Waals surface area contributed by atoms with E-state index in [-0.39, 0.29) is 19.0 Å². The minimum Gasteiger partial charge on any atom is -0.493 e. The summed E-state index contributed by atoms with van der Waals surface area (Å²) in [5.74, 6) is 0.721. The molecule has 4 rings (SSSR count). The third-order valence-electron chi connectivity index (χ3n) is 5.03. The van der Waals surface area contributed by atoms with Crippen molar-refractivity contribution < 1.29 is 14.3 Å². The van der Waals surface area contributed by atoms with Crippen LogP contribution in [0.5, 0.6) is 11.5 Å². The Bertz CT molecular complexity index is 1390. The first-order valence-electron chi connectivity index (χ1n) is 9.80. The van der Waals surface area contributed by atoms with E-state index in [0.29, 0.717) is 27.4 Å². The summed E-state index contributed by atoms with van der Waals surface area (Å²) in [6, 6.07) is 15.7. The number of nitrogens with one attached hydrogen (secondary N) is 1. The van der Waals surface area contributed by atoms with Crippen LogP contribution in [-0.4, -0.2) is 29.3 Å². The third-order valence-corrected chi connectivity index (χ3v) is 5.92. The summed E-state index contributed by atoms with van der Waals surface area (Å²) in [4.78, 5) is 38.9. The van der Waals surface area contributed by atoms with Gasteiger partial charge in [0.05, 0.1) is 25.4 Å². The molecule has 0 bridgehead atoms. The number of rotatable bonds is 7. The van der Waals surface area contributed by atoms with Gasteiger partial charge in [0.25, 0.3) is 5.56 Å². The molecule has 0 atom stereocenters. The van der Waals surface area contributed by atoms with Crippen molar-refractivity contribution in [3.05, 3.63) is 86.4 Å². The number of nitrogens with zero attached hydrogens (tertiary/aromatic N) is 2. The van der Waals surface area contributed by atoms with E-state index in [0.717, 1.165) is 10.1 Å². The zero-order chi connectivity index (χ0) is 22.7. The summed E-state index contributed by atoms with van der Waals surface area (Å²) in [6.07, 6.45) is 0. The monoisotopic (exact) mass is 451 g/mol. The molecule has 0 spiro atoms. The minimum absolute atomic E-state index is 0.194. The second-order valence-corrected chi connectivity index (χ2v) is 7.83. The number of para-hydroxylation sites is 2. The molecular weight excluding hydrogens is 430 g/mol. The van der Waals surface area contributed by atoms with E-state index in [4.69, 9.17) is 9.47 Å². The number of carbonyl (C=O) groups is 1. The summed E-state index contributed by atoms with van der Waals surface area (Å²) in [7, 11) is 3.07. The van der Waals surface area contributed by atoms with Crippen LogP contribution in [0.25, 0.3) is 15.9 Å². The zero-order valence-electron chi connectivity index (χ0n) is 17.5. The lowest BCUT2D eigenvalue weighted by atomic mass is 10.2. The third kappa shape index (κ3) is 3.90. The highest BCUT2D eigenvalue weighted by Gasteiger charge is 2.18. The van der Waals surface area contributed by atoms with Crippen LogP contribution in [0.4, 0.5) is 0 Å². The van der Waals surface area contributed by atoms with E-state index >= 15 is 0 Å². The van der Waals surface area contributed by atoms with E-state index in [1.54, 1.807) is 61.0 Å². The van der Waals surface area contributed by atoms with Gasteiger partial charge in [-0.15, -0.1) is 11.3 Å². The van der Waals surface area contributed by atoms with Crippen LogP contribution in [-0.2, 0) is 17.9 Å². The minimum atomic E-state index is -0.568. The first kappa shape index (κ1) is 21.4. The predicted octanol–water partition coefficient (Wildman–Crippen LogP) is 2.55. The molecule has 2 aromatic carbocycles.